The van der Waals surface area contributed by atoms with E-state index in [1.165, 1.54) is 4.68 Å². The molecule has 0 fully saturated rings. The van der Waals surface area contributed by atoms with Gasteiger partial charge in [-0.1, -0.05) is 25.4 Å². The van der Waals surface area contributed by atoms with E-state index in [1.807, 2.05) is 31.7 Å². The normalized spacial score (nSPS) is 11.1. The molecule has 0 bridgehead atoms. The number of aryl methyl sites for hydroxylation is 1. The SMILES string of the molecule is CC(C)Cn1ncc(NCc2nccn2C)c(Cl)c1=O. The molecule has 0 aliphatic heterocycles. The minimum atomic E-state index is -0.273. The zero-order valence-corrected chi connectivity index (χ0v) is 12.6. The molecule has 0 spiro atoms. The number of rotatable bonds is 5. The maximum Gasteiger partial charge on any atom is 0.287 e. The van der Waals surface area contributed by atoms with Gasteiger partial charge in [0.2, 0.25) is 0 Å². The molecule has 0 aliphatic carbocycles. The monoisotopic (exact) mass is 295 g/mol. The van der Waals surface area contributed by atoms with Crippen molar-refractivity contribution in [3.8, 4) is 0 Å². The Morgan fingerprint density at radius 3 is 2.80 bits per heavy atom. The van der Waals surface area contributed by atoms with Crippen molar-refractivity contribution in [2.75, 3.05) is 5.32 Å². The first-order valence-corrected chi connectivity index (χ1v) is 6.82. The van der Waals surface area contributed by atoms with Gasteiger partial charge in [-0.3, -0.25) is 4.79 Å². The predicted molar refractivity (Wildman–Crippen MR) is 78.9 cm³/mol. The highest BCUT2D eigenvalue weighted by atomic mass is 35.5. The summed E-state index contributed by atoms with van der Waals surface area (Å²) in [4.78, 5) is 16.3. The minimum Gasteiger partial charge on any atom is -0.375 e. The number of nitrogens with zero attached hydrogens (tertiary/aromatic N) is 4. The van der Waals surface area contributed by atoms with E-state index in [9.17, 15) is 4.79 Å². The van der Waals surface area contributed by atoms with E-state index in [2.05, 4.69) is 15.4 Å². The zero-order valence-electron chi connectivity index (χ0n) is 11.8. The van der Waals surface area contributed by atoms with Crippen LogP contribution in [-0.2, 0) is 20.1 Å². The second-order valence-corrected chi connectivity index (χ2v) is 5.44. The molecular weight excluding hydrogens is 278 g/mol. The summed E-state index contributed by atoms with van der Waals surface area (Å²) in [7, 11) is 1.91. The van der Waals surface area contributed by atoms with Crippen LogP contribution in [0, 0.1) is 5.92 Å². The summed E-state index contributed by atoms with van der Waals surface area (Å²) in [6, 6.07) is 0. The average Bonchev–Trinajstić information content (AvgIpc) is 2.79. The van der Waals surface area contributed by atoms with E-state index in [-0.39, 0.29) is 10.6 Å². The van der Waals surface area contributed by atoms with Crippen LogP contribution in [0.2, 0.25) is 5.02 Å². The minimum absolute atomic E-state index is 0.162. The maximum absolute atomic E-state index is 12.1. The fourth-order valence-corrected chi connectivity index (χ4v) is 2.02. The lowest BCUT2D eigenvalue weighted by atomic mass is 10.2. The van der Waals surface area contributed by atoms with Crippen LogP contribution >= 0.6 is 11.6 Å². The summed E-state index contributed by atoms with van der Waals surface area (Å²) < 4.78 is 3.28. The quantitative estimate of drug-likeness (QED) is 0.915. The number of aromatic nitrogens is 4. The lowest BCUT2D eigenvalue weighted by Crippen LogP contribution is -2.26. The van der Waals surface area contributed by atoms with Gasteiger partial charge >= 0.3 is 0 Å². The Kier molecular flexibility index (Phi) is 4.44. The average molecular weight is 296 g/mol. The molecule has 0 aromatic carbocycles. The summed E-state index contributed by atoms with van der Waals surface area (Å²) in [5.74, 6) is 1.19. The summed E-state index contributed by atoms with van der Waals surface area (Å²) >= 11 is 6.10. The van der Waals surface area contributed by atoms with Gasteiger partial charge in [0.05, 0.1) is 18.4 Å². The predicted octanol–water partition coefficient (Wildman–Crippen LogP) is 1.90. The number of imidazole rings is 1. The molecule has 7 heteroatoms. The van der Waals surface area contributed by atoms with Crippen LogP contribution < -0.4 is 10.9 Å². The Balaban J connectivity index is 2.15. The first kappa shape index (κ1) is 14.6. The lowest BCUT2D eigenvalue weighted by molar-refractivity contribution is 0.464. The van der Waals surface area contributed by atoms with Gasteiger partial charge in [-0.25, -0.2) is 9.67 Å². The number of anilines is 1. The third-order valence-electron chi connectivity index (χ3n) is 2.88. The fourth-order valence-electron chi connectivity index (χ4n) is 1.81. The van der Waals surface area contributed by atoms with Gasteiger partial charge < -0.3 is 9.88 Å². The highest BCUT2D eigenvalue weighted by molar-refractivity contribution is 6.32. The van der Waals surface area contributed by atoms with Gasteiger partial charge in [0.15, 0.2) is 0 Å². The number of hydrogen-bond acceptors (Lipinski definition) is 4. The van der Waals surface area contributed by atoms with Crippen molar-refractivity contribution in [2.24, 2.45) is 13.0 Å². The van der Waals surface area contributed by atoms with Crippen molar-refractivity contribution in [3.05, 3.63) is 39.8 Å². The van der Waals surface area contributed by atoms with Crippen LogP contribution in [0.1, 0.15) is 19.7 Å². The lowest BCUT2D eigenvalue weighted by Gasteiger charge is -2.11. The van der Waals surface area contributed by atoms with E-state index in [4.69, 9.17) is 11.6 Å². The fraction of sp³-hybridized carbons (Fsp3) is 0.462. The Labute approximate surface area is 122 Å². The van der Waals surface area contributed by atoms with Crippen molar-refractivity contribution in [1.82, 2.24) is 19.3 Å². The topological polar surface area (TPSA) is 64.7 Å². The van der Waals surface area contributed by atoms with Crippen LogP contribution in [0.15, 0.2) is 23.4 Å². The van der Waals surface area contributed by atoms with Crippen molar-refractivity contribution in [3.63, 3.8) is 0 Å². The van der Waals surface area contributed by atoms with Gasteiger partial charge in [0, 0.05) is 26.0 Å². The van der Waals surface area contributed by atoms with E-state index in [1.54, 1.807) is 12.4 Å². The zero-order chi connectivity index (χ0) is 14.7. The van der Waals surface area contributed by atoms with Crippen molar-refractivity contribution < 1.29 is 0 Å². The number of halogens is 1. The van der Waals surface area contributed by atoms with Crippen LogP contribution in [0.3, 0.4) is 0 Å². The Morgan fingerprint density at radius 1 is 1.45 bits per heavy atom. The second-order valence-electron chi connectivity index (χ2n) is 5.06. The first-order chi connectivity index (χ1) is 9.49. The molecule has 2 rings (SSSR count). The largest absolute Gasteiger partial charge is 0.375 e. The van der Waals surface area contributed by atoms with Gasteiger partial charge in [-0.05, 0) is 5.92 Å². The first-order valence-electron chi connectivity index (χ1n) is 6.44. The molecule has 0 atom stereocenters. The van der Waals surface area contributed by atoms with Crippen LogP contribution in [-0.4, -0.2) is 19.3 Å². The Bertz CT molecular complexity index is 646. The van der Waals surface area contributed by atoms with Gasteiger partial charge in [-0.2, -0.15) is 5.10 Å². The molecule has 2 aromatic heterocycles. The Hall–Kier alpha value is -1.82. The molecule has 0 radical (unpaired) electrons. The standard InChI is InChI=1S/C13H18ClN5O/c1-9(2)8-19-13(20)12(14)10(6-17-19)16-7-11-15-4-5-18(11)3/h4-6,9,16H,7-8H2,1-3H3. The molecular formula is C13H18ClN5O. The molecule has 0 saturated carbocycles. The van der Waals surface area contributed by atoms with Gasteiger partial charge in [0.1, 0.15) is 10.8 Å². The molecule has 2 aromatic rings. The van der Waals surface area contributed by atoms with E-state index < -0.39 is 0 Å². The van der Waals surface area contributed by atoms with Gasteiger partial charge in [0.25, 0.3) is 5.56 Å². The summed E-state index contributed by atoms with van der Waals surface area (Å²) in [5.41, 5.74) is 0.255. The van der Waals surface area contributed by atoms with Crippen molar-refractivity contribution in [1.29, 1.82) is 0 Å². The molecule has 20 heavy (non-hydrogen) atoms. The molecule has 1 N–H and O–H groups in total. The van der Waals surface area contributed by atoms with Crippen molar-refractivity contribution >= 4 is 17.3 Å². The molecule has 0 unspecified atom stereocenters. The summed E-state index contributed by atoms with van der Waals surface area (Å²) in [5, 5.41) is 7.38. The Morgan fingerprint density at radius 2 is 2.20 bits per heavy atom. The highest BCUT2D eigenvalue weighted by Gasteiger charge is 2.10. The molecule has 0 aliphatic rings. The van der Waals surface area contributed by atoms with E-state index in [0.29, 0.717) is 24.7 Å². The van der Waals surface area contributed by atoms with E-state index in [0.717, 1.165) is 5.82 Å². The third-order valence-corrected chi connectivity index (χ3v) is 3.25. The second kappa shape index (κ2) is 6.09. The van der Waals surface area contributed by atoms with E-state index >= 15 is 0 Å². The third kappa shape index (κ3) is 3.19. The van der Waals surface area contributed by atoms with Crippen LogP contribution in [0.25, 0.3) is 0 Å². The molecule has 108 valence electrons. The van der Waals surface area contributed by atoms with Crippen LogP contribution in [0.5, 0.6) is 0 Å². The maximum atomic E-state index is 12.1. The summed E-state index contributed by atoms with van der Waals surface area (Å²) in [6.07, 6.45) is 5.16. The summed E-state index contributed by atoms with van der Waals surface area (Å²) in [6.45, 7) is 5.08. The van der Waals surface area contributed by atoms with Crippen molar-refractivity contribution in [2.45, 2.75) is 26.9 Å². The highest BCUT2D eigenvalue weighted by Crippen LogP contribution is 2.16. The molecule has 2 heterocycles. The number of nitrogens with one attached hydrogen (secondary N) is 1. The molecule has 0 saturated heterocycles. The molecule has 0 amide bonds. The smallest absolute Gasteiger partial charge is 0.287 e. The van der Waals surface area contributed by atoms with Gasteiger partial charge in [-0.15, -0.1) is 0 Å². The van der Waals surface area contributed by atoms with Crippen LogP contribution in [0.4, 0.5) is 5.69 Å². The molecule has 6 nitrogen and oxygen atoms in total. The number of hydrogen-bond donors (Lipinski definition) is 1.